The number of halogens is 1. The lowest BCUT2D eigenvalue weighted by Crippen LogP contribution is -2.44. The molecule has 0 aromatic heterocycles. The van der Waals surface area contributed by atoms with Gasteiger partial charge in [-0.25, -0.2) is 0 Å². The minimum absolute atomic E-state index is 0. The van der Waals surface area contributed by atoms with E-state index in [0.29, 0.717) is 17.5 Å². The van der Waals surface area contributed by atoms with Crippen LogP contribution in [-0.4, -0.2) is 63.2 Å². The summed E-state index contributed by atoms with van der Waals surface area (Å²) >= 11 is 0. The van der Waals surface area contributed by atoms with Crippen LogP contribution < -0.4 is 9.47 Å². The molecule has 0 atom stereocenters. The molecule has 1 aliphatic rings. The van der Waals surface area contributed by atoms with Crippen molar-refractivity contribution < 1.29 is 14.3 Å². The number of likely N-dealkylation sites (N-methyl/N-ethyl adjacent to an activating group) is 1. The number of nitrogens with zero attached hydrogens (tertiary/aromatic N) is 2. The summed E-state index contributed by atoms with van der Waals surface area (Å²) in [5.41, 5.74) is 0.922. The van der Waals surface area contributed by atoms with E-state index in [2.05, 4.69) is 16.7 Å². The number of rotatable bonds is 8. The van der Waals surface area contributed by atoms with Crippen molar-refractivity contribution in [1.82, 2.24) is 9.80 Å². The molecule has 0 heterocycles. The van der Waals surface area contributed by atoms with Crippen LogP contribution in [0.3, 0.4) is 0 Å². The van der Waals surface area contributed by atoms with Crippen molar-refractivity contribution in [1.29, 1.82) is 0 Å². The Hall–Kier alpha value is -1.72. The maximum absolute atomic E-state index is 13.0. The van der Waals surface area contributed by atoms with Crippen LogP contribution in [0.4, 0.5) is 0 Å². The highest BCUT2D eigenvalue weighted by atomic mass is 35.5. The molecule has 1 aromatic rings. The van der Waals surface area contributed by atoms with Gasteiger partial charge in [-0.3, -0.25) is 4.79 Å². The first-order chi connectivity index (χ1) is 12.9. The zero-order valence-electron chi connectivity index (χ0n) is 17.8. The van der Waals surface area contributed by atoms with Crippen LogP contribution >= 0.6 is 12.4 Å². The largest absolute Gasteiger partial charge is 0.493 e. The predicted molar refractivity (Wildman–Crippen MR) is 118 cm³/mol. The van der Waals surface area contributed by atoms with Crippen molar-refractivity contribution in [2.75, 3.05) is 41.4 Å². The average molecular weight is 411 g/mol. The molecule has 0 bridgehead atoms. The van der Waals surface area contributed by atoms with Gasteiger partial charge in [-0.15, -0.1) is 12.4 Å². The number of carbonyl (C=O) groups excluding carboxylic acids is 1. The number of benzene rings is 1. The Kier molecular flexibility index (Phi) is 10.4. The molecule has 0 saturated heterocycles. The van der Waals surface area contributed by atoms with Gasteiger partial charge in [0.15, 0.2) is 11.5 Å². The van der Waals surface area contributed by atoms with Crippen molar-refractivity contribution in [3.05, 3.63) is 29.8 Å². The molecule has 0 N–H and O–H groups in total. The number of methoxy groups -OCH3 is 2. The van der Waals surface area contributed by atoms with E-state index in [1.165, 1.54) is 12.8 Å². The van der Waals surface area contributed by atoms with E-state index in [9.17, 15) is 4.79 Å². The molecule has 0 unspecified atom stereocenters. The van der Waals surface area contributed by atoms with Crippen molar-refractivity contribution >= 4 is 24.4 Å². The van der Waals surface area contributed by atoms with Gasteiger partial charge in [-0.1, -0.05) is 13.0 Å². The second kappa shape index (κ2) is 12.0. The number of carbonyl (C=O) groups is 1. The number of hydrogen-bond acceptors (Lipinski definition) is 4. The molecule has 0 radical (unpaired) electrons. The van der Waals surface area contributed by atoms with Gasteiger partial charge < -0.3 is 19.3 Å². The minimum Gasteiger partial charge on any atom is -0.493 e. The highest BCUT2D eigenvalue weighted by molar-refractivity contribution is 5.92. The van der Waals surface area contributed by atoms with Crippen molar-refractivity contribution in [3.8, 4) is 11.5 Å². The molecular formula is C22H35ClN2O3. The SMILES string of the molecule is COc1ccc(C=CC(=O)N(CCN(C)C)C2CCC(C)CC2)cc1OC.Cl. The van der Waals surface area contributed by atoms with Gasteiger partial charge in [-0.05, 0) is 69.5 Å². The Labute approximate surface area is 176 Å². The average Bonchev–Trinajstić information content (AvgIpc) is 2.67. The summed E-state index contributed by atoms with van der Waals surface area (Å²) in [7, 11) is 7.32. The standard InChI is InChI=1S/C22H34N2O3.ClH/c1-17-6-10-19(11-7-17)24(15-14-23(2)3)22(25)13-9-18-8-12-20(26-4)21(16-18)27-5;/h8-9,12-13,16-17,19H,6-7,10-11,14-15H2,1-5H3;1H. The molecule has 28 heavy (non-hydrogen) atoms. The molecule has 1 aliphatic carbocycles. The number of hydrogen-bond donors (Lipinski definition) is 0. The Morgan fingerprint density at radius 1 is 1.07 bits per heavy atom. The zero-order chi connectivity index (χ0) is 19.8. The van der Waals surface area contributed by atoms with E-state index in [4.69, 9.17) is 9.47 Å². The van der Waals surface area contributed by atoms with Crippen LogP contribution in [0.15, 0.2) is 24.3 Å². The highest BCUT2D eigenvalue weighted by Crippen LogP contribution is 2.29. The third kappa shape index (κ3) is 7.02. The molecule has 1 saturated carbocycles. The molecule has 1 aromatic carbocycles. The maximum atomic E-state index is 13.0. The first-order valence-electron chi connectivity index (χ1n) is 9.80. The van der Waals surface area contributed by atoms with Crippen LogP contribution in [0.2, 0.25) is 0 Å². The fourth-order valence-electron chi connectivity index (χ4n) is 3.55. The van der Waals surface area contributed by atoms with Crippen LogP contribution in [0.25, 0.3) is 6.08 Å². The van der Waals surface area contributed by atoms with E-state index < -0.39 is 0 Å². The maximum Gasteiger partial charge on any atom is 0.246 e. The van der Waals surface area contributed by atoms with Crippen LogP contribution in [0.1, 0.15) is 38.2 Å². The van der Waals surface area contributed by atoms with E-state index in [1.807, 2.05) is 38.4 Å². The van der Waals surface area contributed by atoms with Gasteiger partial charge in [0.05, 0.1) is 14.2 Å². The smallest absolute Gasteiger partial charge is 0.246 e. The lowest BCUT2D eigenvalue weighted by molar-refractivity contribution is -0.129. The van der Waals surface area contributed by atoms with Crippen molar-refractivity contribution in [2.45, 2.75) is 38.6 Å². The fourth-order valence-corrected chi connectivity index (χ4v) is 3.55. The third-order valence-corrected chi connectivity index (χ3v) is 5.32. The van der Waals surface area contributed by atoms with Crippen molar-refractivity contribution in [3.63, 3.8) is 0 Å². The molecule has 1 amide bonds. The van der Waals surface area contributed by atoms with Crippen LogP contribution in [-0.2, 0) is 4.79 Å². The van der Waals surface area contributed by atoms with Gasteiger partial charge >= 0.3 is 0 Å². The monoisotopic (exact) mass is 410 g/mol. The summed E-state index contributed by atoms with van der Waals surface area (Å²) in [6.45, 7) is 3.95. The summed E-state index contributed by atoms with van der Waals surface area (Å²) in [5, 5.41) is 0. The summed E-state index contributed by atoms with van der Waals surface area (Å²) in [5.74, 6) is 2.21. The Balaban J connectivity index is 0.00000392. The Morgan fingerprint density at radius 2 is 1.71 bits per heavy atom. The van der Waals surface area contributed by atoms with Gasteiger partial charge in [-0.2, -0.15) is 0 Å². The molecule has 2 rings (SSSR count). The third-order valence-electron chi connectivity index (χ3n) is 5.32. The zero-order valence-corrected chi connectivity index (χ0v) is 18.6. The molecule has 6 heteroatoms. The molecular weight excluding hydrogens is 376 g/mol. The van der Waals surface area contributed by atoms with E-state index >= 15 is 0 Å². The van der Waals surface area contributed by atoms with E-state index in [-0.39, 0.29) is 18.3 Å². The second-order valence-corrected chi connectivity index (χ2v) is 7.70. The summed E-state index contributed by atoms with van der Waals surface area (Å²) in [6.07, 6.45) is 8.16. The molecule has 0 aliphatic heterocycles. The number of ether oxygens (including phenoxy) is 2. The van der Waals surface area contributed by atoms with Gasteiger partial charge in [0, 0.05) is 25.2 Å². The van der Waals surface area contributed by atoms with E-state index in [1.54, 1.807) is 20.3 Å². The summed E-state index contributed by atoms with van der Waals surface area (Å²) < 4.78 is 10.6. The van der Waals surface area contributed by atoms with Gasteiger partial charge in [0.25, 0.3) is 0 Å². The first kappa shape index (κ1) is 24.3. The molecule has 158 valence electrons. The highest BCUT2D eigenvalue weighted by Gasteiger charge is 2.26. The molecule has 1 fully saturated rings. The first-order valence-corrected chi connectivity index (χ1v) is 9.80. The lowest BCUT2D eigenvalue weighted by Gasteiger charge is -2.36. The second-order valence-electron chi connectivity index (χ2n) is 7.70. The Morgan fingerprint density at radius 3 is 2.29 bits per heavy atom. The van der Waals surface area contributed by atoms with E-state index in [0.717, 1.165) is 37.4 Å². The van der Waals surface area contributed by atoms with Crippen molar-refractivity contribution in [2.24, 2.45) is 5.92 Å². The van der Waals surface area contributed by atoms with Gasteiger partial charge in [0.2, 0.25) is 5.91 Å². The normalized spacial score (nSPS) is 19.4. The minimum atomic E-state index is 0. The van der Waals surface area contributed by atoms with Crippen LogP contribution in [0.5, 0.6) is 11.5 Å². The predicted octanol–water partition coefficient (Wildman–Crippen LogP) is 4.11. The van der Waals surface area contributed by atoms with Gasteiger partial charge in [0.1, 0.15) is 0 Å². The molecule has 0 spiro atoms. The quantitative estimate of drug-likeness (QED) is 0.605. The molecule has 5 nitrogen and oxygen atoms in total. The Bertz CT molecular complexity index is 641. The fraction of sp³-hybridized carbons (Fsp3) is 0.591. The summed E-state index contributed by atoms with van der Waals surface area (Å²) in [4.78, 5) is 17.1. The lowest BCUT2D eigenvalue weighted by atomic mass is 9.86. The topological polar surface area (TPSA) is 42.0 Å². The summed E-state index contributed by atoms with van der Waals surface area (Å²) in [6, 6.07) is 6.02. The van der Waals surface area contributed by atoms with Crippen LogP contribution in [0, 0.1) is 5.92 Å². The number of amides is 1.